The number of unbranched alkanes of at least 4 members (excludes halogenated alkanes) is 1. The highest BCUT2D eigenvalue weighted by Gasteiger charge is 2.10. The van der Waals surface area contributed by atoms with Crippen molar-refractivity contribution in [1.29, 1.82) is 0 Å². The first-order chi connectivity index (χ1) is 7.56. The zero-order valence-electron chi connectivity index (χ0n) is 10.7. The Morgan fingerprint density at radius 1 is 1.31 bits per heavy atom. The number of nitrogens with one attached hydrogen (secondary N) is 1. The maximum Gasteiger partial charge on any atom is 0.162 e. The van der Waals surface area contributed by atoms with E-state index in [-0.39, 0.29) is 5.78 Å². The van der Waals surface area contributed by atoms with Crippen LogP contribution in [0.15, 0.2) is 12.1 Å². The highest BCUT2D eigenvalue weighted by atomic mass is 16.1. The van der Waals surface area contributed by atoms with Crippen LogP contribution < -0.4 is 5.32 Å². The third-order valence-electron chi connectivity index (χ3n) is 2.68. The normalized spacial score (nSPS) is 10.2. The number of Topliss-reactive ketones (excluding diaryl/α,β-unsaturated/α-hetero) is 1. The van der Waals surface area contributed by atoms with Crippen LogP contribution in [-0.4, -0.2) is 12.3 Å². The molecule has 1 aromatic carbocycles. The van der Waals surface area contributed by atoms with Gasteiger partial charge < -0.3 is 5.32 Å². The van der Waals surface area contributed by atoms with Crippen LogP contribution in [-0.2, 0) is 0 Å². The summed E-state index contributed by atoms with van der Waals surface area (Å²) < 4.78 is 0. The number of rotatable bonds is 5. The topological polar surface area (TPSA) is 29.1 Å². The van der Waals surface area contributed by atoms with Gasteiger partial charge in [-0.05, 0) is 44.4 Å². The number of ketones is 1. The third kappa shape index (κ3) is 3.09. The second-order valence-corrected chi connectivity index (χ2v) is 4.34. The second kappa shape index (κ2) is 5.69. The standard InChI is InChI=1S/C14H21NO/c1-5-6-7-15-13-9-10(2)8-11(3)14(13)12(4)16/h8-9,15H,5-7H2,1-4H3. The highest BCUT2D eigenvalue weighted by molar-refractivity contribution is 6.01. The lowest BCUT2D eigenvalue weighted by Crippen LogP contribution is -2.08. The molecule has 0 amide bonds. The van der Waals surface area contributed by atoms with E-state index in [4.69, 9.17) is 0 Å². The summed E-state index contributed by atoms with van der Waals surface area (Å²) in [5.74, 6) is 0.136. The van der Waals surface area contributed by atoms with Gasteiger partial charge in [-0.25, -0.2) is 0 Å². The van der Waals surface area contributed by atoms with Crippen LogP contribution in [0.4, 0.5) is 5.69 Å². The summed E-state index contributed by atoms with van der Waals surface area (Å²) in [5, 5.41) is 3.36. The van der Waals surface area contributed by atoms with Crippen molar-refractivity contribution in [2.75, 3.05) is 11.9 Å². The van der Waals surface area contributed by atoms with Crippen molar-refractivity contribution in [1.82, 2.24) is 0 Å². The average Bonchev–Trinajstić information content (AvgIpc) is 2.16. The maximum atomic E-state index is 11.6. The van der Waals surface area contributed by atoms with Gasteiger partial charge in [0.2, 0.25) is 0 Å². The van der Waals surface area contributed by atoms with Crippen LogP contribution in [0.3, 0.4) is 0 Å². The quantitative estimate of drug-likeness (QED) is 0.604. The molecule has 1 rings (SSSR count). The van der Waals surface area contributed by atoms with Crippen LogP contribution in [0.25, 0.3) is 0 Å². The van der Waals surface area contributed by atoms with Crippen molar-refractivity contribution in [2.24, 2.45) is 0 Å². The van der Waals surface area contributed by atoms with E-state index in [2.05, 4.69) is 31.3 Å². The fourth-order valence-corrected chi connectivity index (χ4v) is 1.97. The minimum absolute atomic E-state index is 0.136. The first kappa shape index (κ1) is 12.8. The smallest absolute Gasteiger partial charge is 0.162 e. The molecule has 1 N–H and O–H groups in total. The molecule has 0 aromatic heterocycles. The summed E-state index contributed by atoms with van der Waals surface area (Å²) >= 11 is 0. The predicted molar refractivity (Wildman–Crippen MR) is 69.3 cm³/mol. The molecule has 0 atom stereocenters. The summed E-state index contributed by atoms with van der Waals surface area (Å²) in [5.41, 5.74) is 4.08. The zero-order chi connectivity index (χ0) is 12.1. The molecule has 0 fully saturated rings. The number of hydrogen-bond donors (Lipinski definition) is 1. The van der Waals surface area contributed by atoms with Crippen molar-refractivity contribution < 1.29 is 4.79 Å². The number of aryl methyl sites for hydroxylation is 2. The molecule has 0 aliphatic rings. The van der Waals surface area contributed by atoms with Crippen LogP contribution in [0, 0.1) is 13.8 Å². The van der Waals surface area contributed by atoms with Gasteiger partial charge in [0.25, 0.3) is 0 Å². The molecular weight excluding hydrogens is 198 g/mol. The van der Waals surface area contributed by atoms with Crippen LogP contribution in [0.2, 0.25) is 0 Å². The third-order valence-corrected chi connectivity index (χ3v) is 2.68. The number of carbonyl (C=O) groups is 1. The van der Waals surface area contributed by atoms with Gasteiger partial charge in [-0.3, -0.25) is 4.79 Å². The Balaban J connectivity index is 2.99. The lowest BCUT2D eigenvalue weighted by atomic mass is 10.00. The summed E-state index contributed by atoms with van der Waals surface area (Å²) in [6, 6.07) is 4.11. The van der Waals surface area contributed by atoms with Gasteiger partial charge in [0.1, 0.15) is 0 Å². The highest BCUT2D eigenvalue weighted by Crippen LogP contribution is 2.22. The van der Waals surface area contributed by atoms with E-state index in [0.29, 0.717) is 0 Å². The molecule has 0 heterocycles. The fraction of sp³-hybridized carbons (Fsp3) is 0.500. The summed E-state index contributed by atoms with van der Waals surface area (Å²) in [6.07, 6.45) is 2.29. The van der Waals surface area contributed by atoms with Gasteiger partial charge in [0.15, 0.2) is 5.78 Å². The lowest BCUT2D eigenvalue weighted by Gasteiger charge is -2.13. The van der Waals surface area contributed by atoms with E-state index in [9.17, 15) is 4.79 Å². The number of benzene rings is 1. The molecule has 0 spiro atoms. The van der Waals surface area contributed by atoms with Gasteiger partial charge in [-0.2, -0.15) is 0 Å². The van der Waals surface area contributed by atoms with E-state index in [1.165, 1.54) is 5.56 Å². The Bertz CT molecular complexity index is 383. The molecule has 0 unspecified atom stereocenters. The monoisotopic (exact) mass is 219 g/mol. The molecule has 2 nitrogen and oxygen atoms in total. The Kier molecular flexibility index (Phi) is 4.53. The van der Waals surface area contributed by atoms with Crippen molar-refractivity contribution >= 4 is 11.5 Å². The van der Waals surface area contributed by atoms with Gasteiger partial charge in [-0.1, -0.05) is 19.4 Å². The van der Waals surface area contributed by atoms with E-state index >= 15 is 0 Å². The molecule has 0 bridgehead atoms. The summed E-state index contributed by atoms with van der Waals surface area (Å²) in [7, 11) is 0. The Morgan fingerprint density at radius 3 is 2.56 bits per heavy atom. The van der Waals surface area contributed by atoms with E-state index < -0.39 is 0 Å². The van der Waals surface area contributed by atoms with Crippen LogP contribution in [0.1, 0.15) is 48.2 Å². The van der Waals surface area contributed by atoms with Crippen LogP contribution in [0.5, 0.6) is 0 Å². The van der Waals surface area contributed by atoms with E-state index in [1.807, 2.05) is 6.92 Å². The fourth-order valence-electron chi connectivity index (χ4n) is 1.97. The van der Waals surface area contributed by atoms with Crippen molar-refractivity contribution in [3.63, 3.8) is 0 Å². The molecule has 0 aliphatic heterocycles. The summed E-state index contributed by atoms with van der Waals surface area (Å²) in [4.78, 5) is 11.6. The molecule has 16 heavy (non-hydrogen) atoms. The maximum absolute atomic E-state index is 11.6. The predicted octanol–water partition coefficient (Wildman–Crippen LogP) is 3.72. The molecule has 0 radical (unpaired) electrons. The molecule has 88 valence electrons. The number of hydrogen-bond acceptors (Lipinski definition) is 2. The zero-order valence-corrected chi connectivity index (χ0v) is 10.7. The van der Waals surface area contributed by atoms with E-state index in [1.54, 1.807) is 6.92 Å². The molecule has 0 saturated heterocycles. The van der Waals surface area contributed by atoms with Crippen molar-refractivity contribution in [3.05, 3.63) is 28.8 Å². The Morgan fingerprint density at radius 2 is 2.00 bits per heavy atom. The van der Waals surface area contributed by atoms with Gasteiger partial charge in [0, 0.05) is 17.8 Å². The van der Waals surface area contributed by atoms with Gasteiger partial charge >= 0.3 is 0 Å². The molecule has 2 heteroatoms. The Hall–Kier alpha value is -1.31. The SMILES string of the molecule is CCCCNc1cc(C)cc(C)c1C(C)=O. The summed E-state index contributed by atoms with van der Waals surface area (Å²) in [6.45, 7) is 8.77. The van der Waals surface area contributed by atoms with Crippen molar-refractivity contribution in [2.45, 2.75) is 40.5 Å². The first-order valence-electron chi connectivity index (χ1n) is 5.92. The van der Waals surface area contributed by atoms with Gasteiger partial charge in [-0.15, -0.1) is 0 Å². The number of carbonyl (C=O) groups excluding carboxylic acids is 1. The molecule has 1 aromatic rings. The van der Waals surface area contributed by atoms with Crippen molar-refractivity contribution in [3.8, 4) is 0 Å². The number of anilines is 1. The average molecular weight is 219 g/mol. The minimum Gasteiger partial charge on any atom is -0.384 e. The second-order valence-electron chi connectivity index (χ2n) is 4.34. The van der Waals surface area contributed by atoms with Crippen LogP contribution >= 0.6 is 0 Å². The van der Waals surface area contributed by atoms with Gasteiger partial charge in [0.05, 0.1) is 0 Å². The minimum atomic E-state index is 0.136. The van der Waals surface area contributed by atoms with E-state index in [0.717, 1.165) is 36.2 Å². The molecule has 0 aliphatic carbocycles. The molecule has 0 saturated carbocycles. The lowest BCUT2D eigenvalue weighted by molar-refractivity contribution is 0.101. The first-order valence-corrected chi connectivity index (χ1v) is 5.92. The molecular formula is C14H21NO. The largest absolute Gasteiger partial charge is 0.384 e. The Labute approximate surface area is 98.1 Å².